The molecule has 0 saturated carbocycles. The van der Waals surface area contributed by atoms with Gasteiger partial charge in [-0.1, -0.05) is 42.5 Å². The molecule has 0 fully saturated rings. The van der Waals surface area contributed by atoms with Gasteiger partial charge < -0.3 is 15.0 Å². The average Bonchev–Trinajstić information content (AvgIpc) is 2.77. The average molecular weight is 501 g/mol. The van der Waals surface area contributed by atoms with Crippen molar-refractivity contribution < 1.29 is 18.7 Å². The first kappa shape index (κ1) is 23.7. The normalized spacial score (nSPS) is 11.9. The second-order valence-corrected chi connectivity index (χ2v) is 8.67. The number of ether oxygens (including phenoxy) is 1. The summed E-state index contributed by atoms with van der Waals surface area (Å²) in [6, 6.07) is 16.7. The minimum Gasteiger partial charge on any atom is -0.483 e. The molecule has 0 saturated heterocycles. The molecule has 3 aromatic rings. The maximum atomic E-state index is 13.3. The second-order valence-electron chi connectivity index (χ2n) is 7.87. The van der Waals surface area contributed by atoms with E-state index in [0.717, 1.165) is 20.8 Å². The van der Waals surface area contributed by atoms with Crippen LogP contribution >= 0.6 is 15.9 Å². The first-order valence-electron chi connectivity index (χ1n) is 10.4. The minimum absolute atomic E-state index is 0.0578. The molecule has 2 amide bonds. The van der Waals surface area contributed by atoms with E-state index in [1.165, 1.54) is 17.0 Å². The molecule has 0 aromatic heterocycles. The largest absolute Gasteiger partial charge is 0.483 e. The molecule has 0 spiro atoms. The van der Waals surface area contributed by atoms with Gasteiger partial charge in [-0.3, -0.25) is 9.59 Å². The number of amides is 2. The van der Waals surface area contributed by atoms with E-state index < -0.39 is 6.04 Å². The summed E-state index contributed by atoms with van der Waals surface area (Å²) >= 11 is 3.56. The van der Waals surface area contributed by atoms with Crippen LogP contribution in [-0.2, 0) is 16.1 Å². The van der Waals surface area contributed by atoms with Gasteiger partial charge in [0, 0.05) is 12.6 Å². The number of hydrogen-bond acceptors (Lipinski definition) is 3. The summed E-state index contributed by atoms with van der Waals surface area (Å²) in [4.78, 5) is 27.2. The van der Waals surface area contributed by atoms with Crippen molar-refractivity contribution in [1.82, 2.24) is 10.2 Å². The number of hydrogen-bond donors (Lipinski definition) is 1. The molecule has 168 valence electrons. The van der Waals surface area contributed by atoms with Crippen molar-refractivity contribution in [3.8, 4) is 5.75 Å². The molecular formula is C25H26BrFN2O3. The molecule has 0 bridgehead atoms. The summed E-state index contributed by atoms with van der Waals surface area (Å²) in [6.45, 7) is 5.31. The molecule has 32 heavy (non-hydrogen) atoms. The van der Waals surface area contributed by atoms with E-state index in [2.05, 4.69) is 21.2 Å². The van der Waals surface area contributed by atoms with Crippen LogP contribution in [0.15, 0.2) is 65.1 Å². The van der Waals surface area contributed by atoms with Crippen LogP contribution in [-0.4, -0.2) is 35.4 Å². The number of rotatable bonds is 8. The predicted molar refractivity (Wildman–Crippen MR) is 127 cm³/mol. The lowest BCUT2D eigenvalue weighted by molar-refractivity contribution is -0.142. The SMILES string of the molecule is CC(C)NC(=O)[C@H](C)N(Cc1ccc(F)cc1)C(=O)COc1ccc2ccccc2c1Br. The van der Waals surface area contributed by atoms with Gasteiger partial charge in [0.15, 0.2) is 6.61 Å². The van der Waals surface area contributed by atoms with Gasteiger partial charge in [0.2, 0.25) is 5.91 Å². The summed E-state index contributed by atoms with van der Waals surface area (Å²) in [7, 11) is 0. The molecule has 1 atom stereocenters. The van der Waals surface area contributed by atoms with Crippen LogP contribution in [0.1, 0.15) is 26.3 Å². The molecule has 0 aliphatic heterocycles. The van der Waals surface area contributed by atoms with Gasteiger partial charge in [0.1, 0.15) is 17.6 Å². The van der Waals surface area contributed by atoms with Crippen LogP contribution in [0.25, 0.3) is 10.8 Å². The van der Waals surface area contributed by atoms with E-state index in [4.69, 9.17) is 4.74 Å². The number of nitrogens with one attached hydrogen (secondary N) is 1. The maximum Gasteiger partial charge on any atom is 0.261 e. The van der Waals surface area contributed by atoms with Crippen molar-refractivity contribution in [3.05, 3.63) is 76.5 Å². The molecule has 3 rings (SSSR count). The Morgan fingerprint density at radius 3 is 2.41 bits per heavy atom. The fourth-order valence-electron chi connectivity index (χ4n) is 3.32. The Kier molecular flexibility index (Phi) is 7.85. The van der Waals surface area contributed by atoms with Gasteiger partial charge in [-0.05, 0) is 71.2 Å². The molecule has 5 nitrogen and oxygen atoms in total. The van der Waals surface area contributed by atoms with Gasteiger partial charge in [0.25, 0.3) is 5.91 Å². The first-order valence-corrected chi connectivity index (χ1v) is 11.2. The van der Waals surface area contributed by atoms with Crippen molar-refractivity contribution in [2.24, 2.45) is 0 Å². The van der Waals surface area contributed by atoms with Crippen molar-refractivity contribution in [1.29, 1.82) is 0 Å². The van der Waals surface area contributed by atoms with E-state index in [1.807, 2.05) is 44.2 Å². The lowest BCUT2D eigenvalue weighted by Gasteiger charge is -2.29. The van der Waals surface area contributed by atoms with Gasteiger partial charge >= 0.3 is 0 Å². The summed E-state index contributed by atoms with van der Waals surface area (Å²) in [6.07, 6.45) is 0. The zero-order chi connectivity index (χ0) is 23.3. The van der Waals surface area contributed by atoms with Crippen molar-refractivity contribution in [2.45, 2.75) is 39.4 Å². The monoisotopic (exact) mass is 500 g/mol. The maximum absolute atomic E-state index is 13.3. The molecule has 3 aromatic carbocycles. The van der Waals surface area contributed by atoms with E-state index in [9.17, 15) is 14.0 Å². The molecule has 0 heterocycles. The van der Waals surface area contributed by atoms with Crippen molar-refractivity contribution in [2.75, 3.05) is 6.61 Å². The highest BCUT2D eigenvalue weighted by atomic mass is 79.9. The van der Waals surface area contributed by atoms with E-state index in [1.54, 1.807) is 25.1 Å². The lowest BCUT2D eigenvalue weighted by atomic mass is 10.1. The third kappa shape index (κ3) is 5.85. The lowest BCUT2D eigenvalue weighted by Crippen LogP contribution is -2.50. The Balaban J connectivity index is 1.78. The highest BCUT2D eigenvalue weighted by Gasteiger charge is 2.27. The quantitative estimate of drug-likeness (QED) is 0.470. The van der Waals surface area contributed by atoms with Crippen LogP contribution in [0.5, 0.6) is 5.75 Å². The molecular weight excluding hydrogens is 475 g/mol. The summed E-state index contributed by atoms with van der Waals surface area (Å²) in [5, 5.41) is 4.86. The molecule has 7 heteroatoms. The number of benzene rings is 3. The summed E-state index contributed by atoms with van der Waals surface area (Å²) in [5.74, 6) is -0.428. The minimum atomic E-state index is -0.724. The first-order chi connectivity index (χ1) is 15.3. The molecule has 1 N–H and O–H groups in total. The topological polar surface area (TPSA) is 58.6 Å². The van der Waals surface area contributed by atoms with Crippen LogP contribution in [0, 0.1) is 5.82 Å². The highest BCUT2D eigenvalue weighted by Crippen LogP contribution is 2.33. The van der Waals surface area contributed by atoms with E-state index >= 15 is 0 Å². The van der Waals surface area contributed by atoms with E-state index in [0.29, 0.717) is 5.75 Å². The van der Waals surface area contributed by atoms with Gasteiger partial charge in [-0.15, -0.1) is 0 Å². The Morgan fingerprint density at radius 2 is 1.72 bits per heavy atom. The van der Waals surface area contributed by atoms with Crippen molar-refractivity contribution >= 4 is 38.5 Å². The van der Waals surface area contributed by atoms with Gasteiger partial charge in [-0.2, -0.15) is 0 Å². The zero-order valence-corrected chi connectivity index (χ0v) is 19.9. The van der Waals surface area contributed by atoms with Crippen LogP contribution < -0.4 is 10.1 Å². The molecule has 0 aliphatic carbocycles. The molecule has 0 unspecified atom stereocenters. The molecule has 0 aliphatic rings. The fraction of sp³-hybridized carbons (Fsp3) is 0.280. The zero-order valence-electron chi connectivity index (χ0n) is 18.3. The second kappa shape index (κ2) is 10.6. The smallest absolute Gasteiger partial charge is 0.261 e. The standard InChI is InChI=1S/C25H26BrFN2O3/c1-16(2)28-25(31)17(3)29(14-18-8-11-20(27)12-9-18)23(30)15-32-22-13-10-19-6-4-5-7-21(19)24(22)26/h4-13,16-17H,14-15H2,1-3H3,(H,28,31)/t17-/m0/s1. The Bertz CT molecular complexity index is 1100. The summed E-state index contributed by atoms with van der Waals surface area (Å²) in [5.41, 5.74) is 0.718. The Morgan fingerprint density at radius 1 is 1.03 bits per heavy atom. The number of fused-ring (bicyclic) bond motifs is 1. The Labute approximate surface area is 195 Å². The number of carbonyl (C=O) groups is 2. The van der Waals surface area contributed by atoms with Crippen LogP contribution in [0.3, 0.4) is 0 Å². The molecule has 0 radical (unpaired) electrons. The van der Waals surface area contributed by atoms with Gasteiger partial charge in [0.05, 0.1) is 4.47 Å². The predicted octanol–water partition coefficient (Wildman–Crippen LogP) is 5.06. The number of nitrogens with zero attached hydrogens (tertiary/aromatic N) is 1. The third-order valence-corrected chi connectivity index (χ3v) is 5.86. The Hall–Kier alpha value is -2.93. The summed E-state index contributed by atoms with van der Waals surface area (Å²) < 4.78 is 19.9. The van der Waals surface area contributed by atoms with E-state index in [-0.39, 0.29) is 36.8 Å². The highest BCUT2D eigenvalue weighted by molar-refractivity contribution is 9.10. The van der Waals surface area contributed by atoms with Crippen LogP contribution in [0.4, 0.5) is 4.39 Å². The van der Waals surface area contributed by atoms with Gasteiger partial charge in [-0.25, -0.2) is 4.39 Å². The van der Waals surface area contributed by atoms with Crippen molar-refractivity contribution in [3.63, 3.8) is 0 Å². The number of halogens is 2. The third-order valence-electron chi connectivity index (χ3n) is 5.04. The fourth-order valence-corrected chi connectivity index (χ4v) is 3.93. The number of carbonyl (C=O) groups excluding carboxylic acids is 2. The van der Waals surface area contributed by atoms with Crippen LogP contribution in [0.2, 0.25) is 0 Å².